The van der Waals surface area contributed by atoms with E-state index in [9.17, 15) is 0 Å². The number of morpholine rings is 1. The topological polar surface area (TPSA) is 33.7 Å². The molecule has 2 heterocycles. The van der Waals surface area contributed by atoms with Crippen LogP contribution in [-0.2, 0) is 9.47 Å². The number of nitrogens with one attached hydrogen (secondary N) is 1. The van der Waals surface area contributed by atoms with Crippen molar-refractivity contribution in [1.29, 1.82) is 0 Å². The van der Waals surface area contributed by atoms with Crippen molar-refractivity contribution < 1.29 is 9.47 Å². The van der Waals surface area contributed by atoms with Gasteiger partial charge in [-0.3, -0.25) is 4.90 Å². The third kappa shape index (κ3) is 3.53. The third-order valence-electron chi connectivity index (χ3n) is 5.31. The average molecular weight is 282 g/mol. The van der Waals surface area contributed by atoms with E-state index in [1.54, 1.807) is 0 Å². The number of rotatable bonds is 4. The molecule has 0 amide bonds. The second-order valence-corrected chi connectivity index (χ2v) is 6.72. The molecule has 2 saturated heterocycles. The van der Waals surface area contributed by atoms with Gasteiger partial charge in [-0.2, -0.15) is 0 Å². The van der Waals surface area contributed by atoms with E-state index < -0.39 is 0 Å². The van der Waals surface area contributed by atoms with Gasteiger partial charge in [0.1, 0.15) is 0 Å². The molecule has 4 nitrogen and oxygen atoms in total. The molecule has 0 aromatic carbocycles. The molecule has 4 heteroatoms. The monoisotopic (exact) mass is 282 g/mol. The Morgan fingerprint density at radius 3 is 2.90 bits per heavy atom. The lowest BCUT2D eigenvalue weighted by molar-refractivity contribution is -0.0866. The highest BCUT2D eigenvalue weighted by atomic mass is 16.5. The number of hydrogen-bond donors (Lipinski definition) is 1. The summed E-state index contributed by atoms with van der Waals surface area (Å²) in [4.78, 5) is 2.48. The summed E-state index contributed by atoms with van der Waals surface area (Å²) in [7, 11) is 0. The van der Waals surface area contributed by atoms with E-state index in [2.05, 4.69) is 17.1 Å². The maximum Gasteiger partial charge on any atom is 0.0826 e. The Labute approximate surface area is 123 Å². The van der Waals surface area contributed by atoms with Gasteiger partial charge in [-0.15, -0.1) is 0 Å². The lowest BCUT2D eigenvalue weighted by Crippen LogP contribution is -2.51. The van der Waals surface area contributed by atoms with E-state index >= 15 is 0 Å². The van der Waals surface area contributed by atoms with Gasteiger partial charge in [0, 0.05) is 32.3 Å². The standard InChI is InChI=1S/C16H30N2O2/c1-2-18-8-10-19-15(13-18)12-17-14-5-9-20-16(11-14)6-3-4-7-16/h14-15,17H,2-13H2,1H3. The number of hydrogen-bond acceptors (Lipinski definition) is 4. The molecule has 0 aromatic rings. The first-order chi connectivity index (χ1) is 9.80. The molecule has 0 radical (unpaired) electrons. The Bertz CT molecular complexity index is 305. The fourth-order valence-electron chi connectivity index (χ4n) is 4.06. The lowest BCUT2D eigenvalue weighted by atomic mass is 9.89. The summed E-state index contributed by atoms with van der Waals surface area (Å²) in [5.41, 5.74) is 0.221. The molecular weight excluding hydrogens is 252 g/mol. The first kappa shape index (κ1) is 14.8. The second kappa shape index (κ2) is 6.73. The van der Waals surface area contributed by atoms with Gasteiger partial charge in [-0.25, -0.2) is 0 Å². The van der Waals surface area contributed by atoms with Gasteiger partial charge in [-0.1, -0.05) is 19.8 Å². The maximum absolute atomic E-state index is 6.10. The van der Waals surface area contributed by atoms with Gasteiger partial charge in [0.05, 0.1) is 18.3 Å². The molecular formula is C16H30N2O2. The van der Waals surface area contributed by atoms with Crippen molar-refractivity contribution in [3.63, 3.8) is 0 Å². The molecule has 3 fully saturated rings. The van der Waals surface area contributed by atoms with Crippen molar-refractivity contribution in [2.45, 2.75) is 63.2 Å². The van der Waals surface area contributed by atoms with Crippen LogP contribution in [0.4, 0.5) is 0 Å². The van der Waals surface area contributed by atoms with Crippen LogP contribution in [-0.4, -0.2) is 62.0 Å². The van der Waals surface area contributed by atoms with E-state index in [-0.39, 0.29) is 5.60 Å². The van der Waals surface area contributed by atoms with Gasteiger partial charge in [0.15, 0.2) is 0 Å². The Morgan fingerprint density at radius 2 is 2.10 bits per heavy atom. The zero-order valence-electron chi connectivity index (χ0n) is 12.9. The molecule has 1 aliphatic carbocycles. The maximum atomic E-state index is 6.10. The van der Waals surface area contributed by atoms with Crippen molar-refractivity contribution in [1.82, 2.24) is 10.2 Å². The fraction of sp³-hybridized carbons (Fsp3) is 1.00. The van der Waals surface area contributed by atoms with Crippen LogP contribution in [0.1, 0.15) is 45.4 Å². The highest BCUT2D eigenvalue weighted by Gasteiger charge is 2.39. The van der Waals surface area contributed by atoms with Crippen molar-refractivity contribution >= 4 is 0 Å². The molecule has 1 N–H and O–H groups in total. The minimum atomic E-state index is 0.221. The summed E-state index contributed by atoms with van der Waals surface area (Å²) < 4.78 is 12.0. The molecule has 20 heavy (non-hydrogen) atoms. The van der Waals surface area contributed by atoms with Gasteiger partial charge in [0.2, 0.25) is 0 Å². The normalized spacial score (nSPS) is 34.6. The third-order valence-corrected chi connectivity index (χ3v) is 5.31. The SMILES string of the molecule is CCN1CCOC(CNC2CCOC3(CCCC3)C2)C1. The number of ether oxygens (including phenoxy) is 2. The van der Waals surface area contributed by atoms with Crippen LogP contribution >= 0.6 is 0 Å². The molecule has 2 aliphatic heterocycles. The smallest absolute Gasteiger partial charge is 0.0826 e. The zero-order valence-corrected chi connectivity index (χ0v) is 12.9. The van der Waals surface area contributed by atoms with Crippen LogP contribution in [0.25, 0.3) is 0 Å². The van der Waals surface area contributed by atoms with Crippen molar-refractivity contribution in [3.8, 4) is 0 Å². The number of likely N-dealkylation sites (N-methyl/N-ethyl adjacent to an activating group) is 1. The minimum Gasteiger partial charge on any atom is -0.375 e. The molecule has 3 aliphatic rings. The van der Waals surface area contributed by atoms with Crippen molar-refractivity contribution in [2.24, 2.45) is 0 Å². The Hall–Kier alpha value is -0.160. The summed E-state index contributed by atoms with van der Waals surface area (Å²) in [5.74, 6) is 0. The molecule has 2 unspecified atom stereocenters. The Balaban J connectivity index is 1.43. The van der Waals surface area contributed by atoms with E-state index in [4.69, 9.17) is 9.47 Å². The van der Waals surface area contributed by atoms with Crippen LogP contribution in [0, 0.1) is 0 Å². The van der Waals surface area contributed by atoms with E-state index in [1.807, 2.05) is 0 Å². The second-order valence-electron chi connectivity index (χ2n) is 6.72. The highest BCUT2D eigenvalue weighted by molar-refractivity contribution is 4.93. The first-order valence-electron chi connectivity index (χ1n) is 8.51. The lowest BCUT2D eigenvalue weighted by Gasteiger charge is -2.39. The van der Waals surface area contributed by atoms with Gasteiger partial charge in [0.25, 0.3) is 0 Å². The summed E-state index contributed by atoms with van der Waals surface area (Å²) in [6.07, 6.45) is 7.98. The van der Waals surface area contributed by atoms with Gasteiger partial charge < -0.3 is 14.8 Å². The van der Waals surface area contributed by atoms with Crippen LogP contribution in [0.15, 0.2) is 0 Å². The van der Waals surface area contributed by atoms with Crippen LogP contribution in [0.3, 0.4) is 0 Å². The molecule has 0 bridgehead atoms. The van der Waals surface area contributed by atoms with E-state index in [0.717, 1.165) is 45.8 Å². The summed E-state index contributed by atoms with van der Waals surface area (Å²) in [5, 5.41) is 3.76. The molecule has 3 rings (SSSR count). The Kier molecular flexibility index (Phi) is 4.97. The van der Waals surface area contributed by atoms with Gasteiger partial charge in [-0.05, 0) is 32.2 Å². The summed E-state index contributed by atoms with van der Waals surface area (Å²) in [6.45, 7) is 8.36. The zero-order chi connectivity index (χ0) is 13.8. The van der Waals surface area contributed by atoms with Crippen LogP contribution in [0.5, 0.6) is 0 Å². The molecule has 116 valence electrons. The fourth-order valence-corrected chi connectivity index (χ4v) is 4.06. The molecule has 1 saturated carbocycles. The summed E-state index contributed by atoms with van der Waals surface area (Å²) in [6, 6.07) is 0.627. The molecule has 2 atom stereocenters. The van der Waals surface area contributed by atoms with Crippen molar-refractivity contribution in [2.75, 3.05) is 39.4 Å². The predicted molar refractivity (Wildman–Crippen MR) is 80.0 cm³/mol. The van der Waals surface area contributed by atoms with Crippen molar-refractivity contribution in [3.05, 3.63) is 0 Å². The number of nitrogens with zero attached hydrogens (tertiary/aromatic N) is 1. The molecule has 0 aromatic heterocycles. The summed E-state index contributed by atoms with van der Waals surface area (Å²) >= 11 is 0. The van der Waals surface area contributed by atoms with Gasteiger partial charge >= 0.3 is 0 Å². The minimum absolute atomic E-state index is 0.221. The first-order valence-corrected chi connectivity index (χ1v) is 8.51. The Morgan fingerprint density at radius 1 is 1.25 bits per heavy atom. The molecule has 1 spiro atoms. The largest absolute Gasteiger partial charge is 0.375 e. The highest BCUT2D eigenvalue weighted by Crippen LogP contribution is 2.39. The van der Waals surface area contributed by atoms with Crippen LogP contribution in [0.2, 0.25) is 0 Å². The van der Waals surface area contributed by atoms with E-state index in [0.29, 0.717) is 12.1 Å². The average Bonchev–Trinajstić information content (AvgIpc) is 2.93. The van der Waals surface area contributed by atoms with Crippen LogP contribution < -0.4 is 5.32 Å². The predicted octanol–water partition coefficient (Wildman–Crippen LogP) is 1.79. The quantitative estimate of drug-likeness (QED) is 0.852. The van der Waals surface area contributed by atoms with E-state index in [1.165, 1.54) is 32.1 Å².